The number of nitrogens with zero attached hydrogens (tertiary/aromatic N) is 4. The summed E-state index contributed by atoms with van der Waals surface area (Å²) in [5.74, 6) is 2.50. The Labute approximate surface area is 121 Å². The molecular formula is C13H17N5O3. The number of aryl methyl sites for hydroxylation is 2. The summed E-state index contributed by atoms with van der Waals surface area (Å²) in [7, 11) is 0. The quantitative estimate of drug-likeness (QED) is 0.900. The summed E-state index contributed by atoms with van der Waals surface area (Å²) in [6.07, 6.45) is 0.915. The first kappa shape index (κ1) is 13.7. The molecule has 3 rings (SSSR count). The van der Waals surface area contributed by atoms with Crippen LogP contribution >= 0.6 is 0 Å². The number of rotatable bonds is 4. The Morgan fingerprint density at radius 1 is 1.43 bits per heavy atom. The lowest BCUT2D eigenvalue weighted by molar-refractivity contribution is -0.117. The topological polar surface area (TPSA) is 97.3 Å². The Morgan fingerprint density at radius 2 is 2.29 bits per heavy atom. The molecule has 2 aromatic heterocycles. The van der Waals surface area contributed by atoms with E-state index in [4.69, 9.17) is 9.05 Å². The van der Waals surface area contributed by atoms with Crippen molar-refractivity contribution in [2.45, 2.75) is 26.2 Å². The van der Waals surface area contributed by atoms with E-state index >= 15 is 0 Å². The van der Waals surface area contributed by atoms with Gasteiger partial charge in [0.2, 0.25) is 11.8 Å². The fourth-order valence-electron chi connectivity index (χ4n) is 2.47. The first-order valence-electron chi connectivity index (χ1n) is 6.86. The average molecular weight is 291 g/mol. The number of carbonyl (C=O) groups excluding carboxylic acids is 1. The number of hydrogen-bond donors (Lipinski definition) is 1. The van der Waals surface area contributed by atoms with E-state index in [1.807, 2.05) is 0 Å². The van der Waals surface area contributed by atoms with Gasteiger partial charge in [0.05, 0.1) is 12.5 Å². The molecule has 1 saturated heterocycles. The van der Waals surface area contributed by atoms with Crippen LogP contribution < -0.4 is 5.32 Å². The van der Waals surface area contributed by atoms with Crippen LogP contribution in [-0.4, -0.2) is 45.7 Å². The molecule has 1 unspecified atom stereocenters. The van der Waals surface area contributed by atoms with E-state index in [9.17, 15) is 4.79 Å². The number of carbonyl (C=O) groups is 1. The molecule has 8 nitrogen and oxygen atoms in total. The zero-order chi connectivity index (χ0) is 14.8. The molecule has 1 atom stereocenters. The maximum atomic E-state index is 11.9. The van der Waals surface area contributed by atoms with Crippen molar-refractivity contribution in [1.82, 2.24) is 20.2 Å². The van der Waals surface area contributed by atoms with Gasteiger partial charge < -0.3 is 14.4 Å². The summed E-state index contributed by atoms with van der Waals surface area (Å²) < 4.78 is 10.1. The molecule has 3 heterocycles. The van der Waals surface area contributed by atoms with Crippen LogP contribution in [-0.2, 0) is 4.79 Å². The van der Waals surface area contributed by atoms with Crippen LogP contribution in [0.2, 0.25) is 0 Å². The lowest BCUT2D eigenvalue weighted by Gasteiger charge is -2.13. The van der Waals surface area contributed by atoms with E-state index in [1.54, 1.807) is 19.9 Å². The van der Waals surface area contributed by atoms with Gasteiger partial charge in [-0.05, 0) is 26.8 Å². The molecule has 1 N–H and O–H groups in total. The number of amides is 1. The van der Waals surface area contributed by atoms with E-state index in [-0.39, 0.29) is 11.8 Å². The molecule has 112 valence electrons. The molecule has 0 aliphatic carbocycles. The van der Waals surface area contributed by atoms with E-state index in [0.717, 1.165) is 19.5 Å². The molecule has 1 amide bonds. The maximum absolute atomic E-state index is 11.9. The summed E-state index contributed by atoms with van der Waals surface area (Å²) >= 11 is 0. The number of anilines is 1. The van der Waals surface area contributed by atoms with Crippen LogP contribution in [0.1, 0.15) is 29.8 Å². The highest BCUT2D eigenvalue weighted by molar-refractivity contribution is 5.91. The summed E-state index contributed by atoms with van der Waals surface area (Å²) in [4.78, 5) is 18.3. The average Bonchev–Trinajstić information content (AvgIpc) is 3.12. The third-order valence-corrected chi connectivity index (χ3v) is 3.43. The summed E-state index contributed by atoms with van der Waals surface area (Å²) in [5.41, 5.74) is 0. The van der Waals surface area contributed by atoms with Crippen molar-refractivity contribution in [3.8, 4) is 0 Å². The molecule has 0 saturated carbocycles. The molecule has 0 aromatic carbocycles. The number of likely N-dealkylation sites (tertiary alicyclic amines) is 1. The lowest BCUT2D eigenvalue weighted by Crippen LogP contribution is -2.31. The Balaban J connectivity index is 1.51. The Bertz CT molecular complexity index is 635. The largest absolute Gasteiger partial charge is 0.360 e. The van der Waals surface area contributed by atoms with Crippen LogP contribution in [0.15, 0.2) is 15.1 Å². The SMILES string of the molecule is Cc1noc(C2CCN(CC(=O)Nc3cc(C)on3)C2)n1. The van der Waals surface area contributed by atoms with E-state index in [0.29, 0.717) is 29.8 Å². The van der Waals surface area contributed by atoms with Crippen molar-refractivity contribution >= 4 is 11.7 Å². The molecule has 1 aliphatic heterocycles. The molecular weight excluding hydrogens is 274 g/mol. The molecule has 2 aromatic rings. The lowest BCUT2D eigenvalue weighted by atomic mass is 10.1. The maximum Gasteiger partial charge on any atom is 0.239 e. The summed E-state index contributed by atoms with van der Waals surface area (Å²) in [6.45, 7) is 5.47. The van der Waals surface area contributed by atoms with Crippen molar-refractivity contribution in [1.29, 1.82) is 0 Å². The van der Waals surface area contributed by atoms with Gasteiger partial charge in [0, 0.05) is 12.6 Å². The number of nitrogens with one attached hydrogen (secondary N) is 1. The van der Waals surface area contributed by atoms with E-state index < -0.39 is 0 Å². The minimum atomic E-state index is -0.106. The van der Waals surface area contributed by atoms with Gasteiger partial charge in [0.1, 0.15) is 5.76 Å². The van der Waals surface area contributed by atoms with Crippen molar-refractivity contribution in [3.05, 3.63) is 23.5 Å². The monoisotopic (exact) mass is 291 g/mol. The van der Waals surface area contributed by atoms with E-state index in [2.05, 4.69) is 25.5 Å². The summed E-state index contributed by atoms with van der Waals surface area (Å²) in [6, 6.07) is 1.69. The van der Waals surface area contributed by atoms with Gasteiger partial charge in [-0.2, -0.15) is 4.98 Å². The highest BCUT2D eigenvalue weighted by Crippen LogP contribution is 2.25. The third-order valence-electron chi connectivity index (χ3n) is 3.43. The molecule has 0 spiro atoms. The van der Waals surface area contributed by atoms with Gasteiger partial charge in [0.15, 0.2) is 11.6 Å². The van der Waals surface area contributed by atoms with Crippen molar-refractivity contribution in [3.63, 3.8) is 0 Å². The second-order valence-corrected chi connectivity index (χ2v) is 5.27. The van der Waals surface area contributed by atoms with Crippen LogP contribution in [0.5, 0.6) is 0 Å². The van der Waals surface area contributed by atoms with Crippen LogP contribution in [0.3, 0.4) is 0 Å². The predicted octanol–water partition coefficient (Wildman–Crippen LogP) is 1.10. The van der Waals surface area contributed by atoms with Crippen molar-refractivity contribution in [2.24, 2.45) is 0 Å². The molecule has 8 heteroatoms. The zero-order valence-electron chi connectivity index (χ0n) is 12.0. The minimum Gasteiger partial charge on any atom is -0.360 e. The Kier molecular flexibility index (Phi) is 3.70. The number of hydrogen-bond acceptors (Lipinski definition) is 7. The second-order valence-electron chi connectivity index (χ2n) is 5.27. The number of aromatic nitrogens is 3. The van der Waals surface area contributed by atoms with E-state index in [1.165, 1.54) is 0 Å². The van der Waals surface area contributed by atoms with Gasteiger partial charge in [-0.15, -0.1) is 0 Å². The second kappa shape index (κ2) is 5.65. The normalized spacial score (nSPS) is 19.0. The van der Waals surface area contributed by atoms with Gasteiger partial charge >= 0.3 is 0 Å². The first-order valence-corrected chi connectivity index (χ1v) is 6.86. The van der Waals surface area contributed by atoms with Crippen molar-refractivity contribution < 1.29 is 13.8 Å². The molecule has 1 fully saturated rings. The van der Waals surface area contributed by atoms with Gasteiger partial charge in [-0.1, -0.05) is 10.3 Å². The zero-order valence-corrected chi connectivity index (χ0v) is 12.0. The molecule has 1 aliphatic rings. The smallest absolute Gasteiger partial charge is 0.239 e. The van der Waals surface area contributed by atoms with Gasteiger partial charge in [-0.3, -0.25) is 9.69 Å². The highest BCUT2D eigenvalue weighted by Gasteiger charge is 2.29. The first-order chi connectivity index (χ1) is 10.1. The fraction of sp³-hybridized carbons (Fsp3) is 0.538. The molecule has 21 heavy (non-hydrogen) atoms. The van der Waals surface area contributed by atoms with Gasteiger partial charge in [0.25, 0.3) is 0 Å². The third kappa shape index (κ3) is 3.27. The van der Waals surface area contributed by atoms with Crippen LogP contribution in [0.25, 0.3) is 0 Å². The Morgan fingerprint density at radius 3 is 2.95 bits per heavy atom. The molecule has 0 radical (unpaired) electrons. The Hall–Kier alpha value is -2.22. The summed E-state index contributed by atoms with van der Waals surface area (Å²) in [5, 5.41) is 10.3. The van der Waals surface area contributed by atoms with Gasteiger partial charge in [-0.25, -0.2) is 0 Å². The standard InChI is InChI=1S/C13H17N5O3/c1-8-5-11(17-20-8)15-12(19)7-18-4-3-10(6-18)13-14-9(2)16-21-13/h5,10H,3-4,6-7H2,1-2H3,(H,15,17,19). The predicted molar refractivity (Wildman–Crippen MR) is 72.7 cm³/mol. The fourth-order valence-corrected chi connectivity index (χ4v) is 2.47. The van der Waals surface area contributed by atoms with Crippen molar-refractivity contribution in [2.75, 3.05) is 25.0 Å². The minimum absolute atomic E-state index is 0.106. The highest BCUT2D eigenvalue weighted by atomic mass is 16.5. The molecule has 0 bridgehead atoms. The van der Waals surface area contributed by atoms with Crippen LogP contribution in [0, 0.1) is 13.8 Å². The van der Waals surface area contributed by atoms with Crippen LogP contribution in [0.4, 0.5) is 5.82 Å².